The zero-order chi connectivity index (χ0) is 10.1. The lowest BCUT2D eigenvalue weighted by Crippen LogP contribution is -2.25. The van der Waals surface area contributed by atoms with Crippen molar-refractivity contribution in [3.63, 3.8) is 0 Å². The summed E-state index contributed by atoms with van der Waals surface area (Å²) >= 11 is 0. The van der Waals surface area contributed by atoms with Gasteiger partial charge in [0.2, 0.25) is 0 Å². The zero-order valence-electron chi connectivity index (χ0n) is 8.55. The Morgan fingerprint density at radius 2 is 2.29 bits per heavy atom. The van der Waals surface area contributed by atoms with Crippen LogP contribution in [-0.4, -0.2) is 20.1 Å². The summed E-state index contributed by atoms with van der Waals surface area (Å²) in [5.41, 5.74) is 2.17. The van der Waals surface area contributed by atoms with Crippen molar-refractivity contribution in [2.24, 2.45) is 0 Å². The van der Waals surface area contributed by atoms with Crippen molar-refractivity contribution in [3.05, 3.63) is 29.6 Å². The van der Waals surface area contributed by atoms with E-state index in [-0.39, 0.29) is 11.9 Å². The second-order valence-corrected chi connectivity index (χ2v) is 3.80. The van der Waals surface area contributed by atoms with Gasteiger partial charge in [0, 0.05) is 31.9 Å². The number of likely N-dealkylation sites (N-methyl/N-ethyl adjacent to an activating group) is 1. The van der Waals surface area contributed by atoms with Crippen molar-refractivity contribution in [2.45, 2.75) is 13.0 Å². The fourth-order valence-corrected chi connectivity index (χ4v) is 1.90. The Morgan fingerprint density at radius 1 is 1.50 bits per heavy atom. The maximum Gasteiger partial charge on any atom is 0.123 e. The third-order valence-corrected chi connectivity index (χ3v) is 2.77. The quantitative estimate of drug-likeness (QED) is 0.679. The molecule has 2 rings (SSSR count). The molecule has 1 aliphatic heterocycles. The molecule has 14 heavy (non-hydrogen) atoms. The maximum atomic E-state index is 13.1. The summed E-state index contributed by atoms with van der Waals surface area (Å²) < 4.78 is 13.1. The number of nitrogens with zero attached hydrogens (tertiary/aromatic N) is 1. The van der Waals surface area contributed by atoms with E-state index in [1.807, 2.05) is 13.1 Å². The highest BCUT2D eigenvalue weighted by Gasteiger charge is 2.17. The normalized spacial score (nSPS) is 21.6. The Balaban J connectivity index is 2.48. The third kappa shape index (κ3) is 1.60. The van der Waals surface area contributed by atoms with Crippen molar-refractivity contribution in [1.29, 1.82) is 0 Å². The van der Waals surface area contributed by atoms with Crippen LogP contribution >= 0.6 is 0 Å². The molecule has 76 valence electrons. The van der Waals surface area contributed by atoms with Crippen molar-refractivity contribution in [3.8, 4) is 0 Å². The SMILES string of the molecule is CC1NCCN(C)c2ccc(F)cc21. The average molecular weight is 194 g/mol. The first-order valence-electron chi connectivity index (χ1n) is 4.92. The smallest absolute Gasteiger partial charge is 0.123 e. The van der Waals surface area contributed by atoms with E-state index in [1.165, 1.54) is 6.07 Å². The average Bonchev–Trinajstić information content (AvgIpc) is 2.28. The van der Waals surface area contributed by atoms with Crippen LogP contribution in [-0.2, 0) is 0 Å². The number of halogens is 1. The van der Waals surface area contributed by atoms with E-state index in [2.05, 4.69) is 17.1 Å². The first-order chi connectivity index (χ1) is 6.68. The van der Waals surface area contributed by atoms with E-state index in [0.29, 0.717) is 0 Å². The van der Waals surface area contributed by atoms with Gasteiger partial charge in [-0.25, -0.2) is 4.39 Å². The number of rotatable bonds is 0. The van der Waals surface area contributed by atoms with Gasteiger partial charge in [0.15, 0.2) is 0 Å². The minimum atomic E-state index is -0.160. The molecule has 1 aromatic carbocycles. The van der Waals surface area contributed by atoms with E-state index >= 15 is 0 Å². The Kier molecular flexibility index (Phi) is 2.42. The molecule has 0 amide bonds. The molecular formula is C11H15FN2. The Hall–Kier alpha value is -1.09. The van der Waals surface area contributed by atoms with Gasteiger partial charge in [-0.15, -0.1) is 0 Å². The Bertz CT molecular complexity index is 338. The van der Waals surface area contributed by atoms with Crippen LogP contribution in [0.15, 0.2) is 18.2 Å². The van der Waals surface area contributed by atoms with Gasteiger partial charge in [0.1, 0.15) is 5.82 Å². The number of nitrogens with one attached hydrogen (secondary N) is 1. The van der Waals surface area contributed by atoms with Crippen LogP contribution < -0.4 is 10.2 Å². The molecule has 0 saturated carbocycles. The number of fused-ring (bicyclic) bond motifs is 1. The van der Waals surface area contributed by atoms with Crippen molar-refractivity contribution >= 4 is 5.69 Å². The van der Waals surface area contributed by atoms with Crippen molar-refractivity contribution in [1.82, 2.24) is 5.32 Å². The van der Waals surface area contributed by atoms with Crippen LogP contribution in [0.4, 0.5) is 10.1 Å². The van der Waals surface area contributed by atoms with Gasteiger partial charge >= 0.3 is 0 Å². The predicted molar refractivity (Wildman–Crippen MR) is 56.1 cm³/mol. The molecule has 1 aromatic rings. The van der Waals surface area contributed by atoms with Gasteiger partial charge in [0.05, 0.1) is 0 Å². The monoisotopic (exact) mass is 194 g/mol. The minimum Gasteiger partial charge on any atom is -0.373 e. The fraction of sp³-hybridized carbons (Fsp3) is 0.455. The second-order valence-electron chi connectivity index (χ2n) is 3.80. The van der Waals surface area contributed by atoms with E-state index in [4.69, 9.17) is 0 Å². The van der Waals surface area contributed by atoms with Gasteiger partial charge in [-0.2, -0.15) is 0 Å². The van der Waals surface area contributed by atoms with E-state index in [9.17, 15) is 4.39 Å². The van der Waals surface area contributed by atoms with Crippen LogP contribution in [0.1, 0.15) is 18.5 Å². The summed E-state index contributed by atoms with van der Waals surface area (Å²) in [6, 6.07) is 5.22. The van der Waals surface area contributed by atoms with Crippen LogP contribution in [0.25, 0.3) is 0 Å². The molecule has 1 atom stereocenters. The maximum absolute atomic E-state index is 13.1. The largest absolute Gasteiger partial charge is 0.373 e. The number of anilines is 1. The third-order valence-electron chi connectivity index (χ3n) is 2.77. The van der Waals surface area contributed by atoms with Gasteiger partial charge in [-0.3, -0.25) is 0 Å². The molecule has 0 saturated heterocycles. The number of hydrogen-bond donors (Lipinski definition) is 1. The van der Waals surface area contributed by atoms with Gasteiger partial charge in [-0.05, 0) is 30.7 Å². The molecule has 0 bridgehead atoms. The topological polar surface area (TPSA) is 15.3 Å². The standard InChI is InChI=1S/C11H15FN2/c1-8-10-7-9(12)3-4-11(10)14(2)6-5-13-8/h3-4,7-8,13H,5-6H2,1-2H3. The molecule has 0 spiro atoms. The lowest BCUT2D eigenvalue weighted by molar-refractivity contribution is 0.585. The summed E-state index contributed by atoms with van der Waals surface area (Å²) in [6.45, 7) is 3.97. The van der Waals surface area contributed by atoms with Crippen LogP contribution in [0.3, 0.4) is 0 Å². The summed E-state index contributed by atoms with van der Waals surface area (Å²) in [6.07, 6.45) is 0. The van der Waals surface area contributed by atoms with E-state index in [0.717, 1.165) is 24.3 Å². The first-order valence-corrected chi connectivity index (χ1v) is 4.92. The molecule has 1 N–H and O–H groups in total. The number of hydrogen-bond acceptors (Lipinski definition) is 2. The second kappa shape index (κ2) is 3.58. The minimum absolute atomic E-state index is 0.160. The molecule has 1 aliphatic rings. The zero-order valence-corrected chi connectivity index (χ0v) is 8.55. The summed E-state index contributed by atoms with van der Waals surface area (Å²) in [5.74, 6) is -0.160. The molecule has 2 nitrogen and oxygen atoms in total. The molecule has 0 radical (unpaired) electrons. The molecule has 1 heterocycles. The van der Waals surface area contributed by atoms with Crippen LogP contribution in [0.2, 0.25) is 0 Å². The van der Waals surface area contributed by atoms with E-state index in [1.54, 1.807) is 6.07 Å². The lowest BCUT2D eigenvalue weighted by atomic mass is 10.1. The Morgan fingerprint density at radius 3 is 3.07 bits per heavy atom. The van der Waals surface area contributed by atoms with Crippen molar-refractivity contribution < 1.29 is 4.39 Å². The Labute approximate surface area is 83.7 Å². The lowest BCUT2D eigenvalue weighted by Gasteiger charge is -2.19. The van der Waals surface area contributed by atoms with Crippen LogP contribution in [0, 0.1) is 5.82 Å². The van der Waals surface area contributed by atoms with Crippen LogP contribution in [0.5, 0.6) is 0 Å². The van der Waals surface area contributed by atoms with Gasteiger partial charge in [-0.1, -0.05) is 0 Å². The molecule has 3 heteroatoms. The predicted octanol–water partition coefficient (Wildman–Crippen LogP) is 1.93. The summed E-state index contributed by atoms with van der Waals surface area (Å²) in [4.78, 5) is 2.16. The molecule has 1 unspecified atom stereocenters. The highest BCUT2D eigenvalue weighted by Crippen LogP contribution is 2.27. The molecule has 0 fully saturated rings. The molecule has 0 aliphatic carbocycles. The highest BCUT2D eigenvalue weighted by molar-refractivity contribution is 5.55. The fourth-order valence-electron chi connectivity index (χ4n) is 1.90. The van der Waals surface area contributed by atoms with E-state index < -0.39 is 0 Å². The summed E-state index contributed by atoms with van der Waals surface area (Å²) in [5, 5.41) is 3.35. The molecular weight excluding hydrogens is 179 g/mol. The first kappa shape index (κ1) is 9.46. The summed E-state index contributed by atoms with van der Waals surface area (Å²) in [7, 11) is 2.04. The van der Waals surface area contributed by atoms with Crippen molar-refractivity contribution in [2.75, 3.05) is 25.0 Å². The van der Waals surface area contributed by atoms with Gasteiger partial charge < -0.3 is 10.2 Å². The molecule has 0 aromatic heterocycles. The highest BCUT2D eigenvalue weighted by atomic mass is 19.1. The van der Waals surface area contributed by atoms with Gasteiger partial charge in [0.25, 0.3) is 0 Å². The number of benzene rings is 1.